The fourth-order valence-electron chi connectivity index (χ4n) is 1.78. The first-order chi connectivity index (χ1) is 8.93. The minimum Gasteiger partial charge on any atom is -0.486 e. The second kappa shape index (κ2) is 7.80. The van der Waals surface area contributed by atoms with Crippen LogP contribution >= 0.6 is 15.9 Å². The van der Waals surface area contributed by atoms with Gasteiger partial charge in [-0.1, -0.05) is 29.3 Å². The van der Waals surface area contributed by atoms with E-state index >= 15 is 0 Å². The molecular weight excluding hydrogens is 316 g/mol. The fraction of sp³-hybridized carbons (Fsp3) is 0.571. The van der Waals surface area contributed by atoms with Crippen molar-refractivity contribution >= 4 is 15.9 Å². The number of halogens is 3. The van der Waals surface area contributed by atoms with Crippen LogP contribution in [0.25, 0.3) is 0 Å². The Labute approximate surface area is 121 Å². The Morgan fingerprint density at radius 3 is 2.63 bits per heavy atom. The molecule has 19 heavy (non-hydrogen) atoms. The highest BCUT2D eigenvalue weighted by atomic mass is 79.9. The Bertz CT molecular complexity index is 415. The molecule has 1 aromatic carbocycles. The Hall–Kier alpha value is -0.680. The Balaban J connectivity index is 2.55. The molecule has 0 spiro atoms. The van der Waals surface area contributed by atoms with Crippen LogP contribution in [0.1, 0.15) is 33.6 Å². The van der Waals surface area contributed by atoms with Crippen LogP contribution in [-0.2, 0) is 0 Å². The summed E-state index contributed by atoms with van der Waals surface area (Å²) < 4.78 is 32.6. The van der Waals surface area contributed by atoms with Crippen molar-refractivity contribution in [3.8, 4) is 5.75 Å². The molecule has 1 aromatic rings. The molecule has 1 rings (SSSR count). The van der Waals surface area contributed by atoms with E-state index in [2.05, 4.69) is 35.1 Å². The summed E-state index contributed by atoms with van der Waals surface area (Å²) in [4.78, 5) is 0. The third-order valence-electron chi connectivity index (χ3n) is 2.76. The summed E-state index contributed by atoms with van der Waals surface area (Å²) in [5.41, 5.74) is 0. The first-order valence-corrected chi connectivity index (χ1v) is 7.28. The van der Waals surface area contributed by atoms with Crippen molar-refractivity contribution in [2.75, 3.05) is 6.54 Å². The lowest BCUT2D eigenvalue weighted by Crippen LogP contribution is -2.35. The molecule has 0 radical (unpaired) electrons. The van der Waals surface area contributed by atoms with Gasteiger partial charge in [-0.15, -0.1) is 0 Å². The van der Waals surface area contributed by atoms with Gasteiger partial charge in [-0.25, -0.2) is 4.39 Å². The molecule has 0 bridgehead atoms. The van der Waals surface area contributed by atoms with E-state index in [1.807, 2.05) is 6.92 Å². The van der Waals surface area contributed by atoms with E-state index in [-0.39, 0.29) is 11.9 Å². The van der Waals surface area contributed by atoms with E-state index in [1.165, 1.54) is 6.07 Å². The zero-order valence-electron chi connectivity index (χ0n) is 11.5. The summed E-state index contributed by atoms with van der Waals surface area (Å²) in [6.07, 6.45) is 1.95. The minimum absolute atomic E-state index is 0.0654. The third-order valence-corrected chi connectivity index (χ3v) is 3.22. The van der Waals surface area contributed by atoms with Crippen molar-refractivity contribution in [3.63, 3.8) is 0 Å². The van der Waals surface area contributed by atoms with Gasteiger partial charge in [-0.2, -0.15) is 4.39 Å². The molecule has 2 nitrogen and oxygen atoms in total. The van der Waals surface area contributed by atoms with Gasteiger partial charge in [0, 0.05) is 17.1 Å². The lowest BCUT2D eigenvalue weighted by atomic mass is 10.2. The second-order valence-electron chi connectivity index (χ2n) is 4.73. The van der Waals surface area contributed by atoms with Gasteiger partial charge < -0.3 is 10.1 Å². The van der Waals surface area contributed by atoms with Crippen molar-refractivity contribution in [3.05, 3.63) is 28.2 Å². The van der Waals surface area contributed by atoms with Crippen LogP contribution in [0, 0.1) is 11.6 Å². The molecular formula is C14H20BrF2NO. The van der Waals surface area contributed by atoms with E-state index in [9.17, 15) is 8.78 Å². The van der Waals surface area contributed by atoms with Crippen molar-refractivity contribution < 1.29 is 13.5 Å². The van der Waals surface area contributed by atoms with Crippen LogP contribution in [0.2, 0.25) is 0 Å². The van der Waals surface area contributed by atoms with Gasteiger partial charge in [0.1, 0.15) is 6.10 Å². The van der Waals surface area contributed by atoms with Crippen LogP contribution in [-0.4, -0.2) is 18.7 Å². The molecule has 2 unspecified atom stereocenters. The average molecular weight is 336 g/mol. The molecule has 0 aromatic heterocycles. The molecule has 5 heteroatoms. The van der Waals surface area contributed by atoms with Crippen molar-refractivity contribution in [1.29, 1.82) is 0 Å². The predicted molar refractivity (Wildman–Crippen MR) is 76.5 cm³/mol. The maximum absolute atomic E-state index is 13.5. The van der Waals surface area contributed by atoms with Gasteiger partial charge in [0.15, 0.2) is 11.6 Å². The average Bonchev–Trinajstić information content (AvgIpc) is 2.33. The Kier molecular flexibility index (Phi) is 6.72. The maximum atomic E-state index is 13.5. The van der Waals surface area contributed by atoms with Gasteiger partial charge in [-0.05, 0) is 32.4 Å². The molecule has 0 fully saturated rings. The summed E-state index contributed by atoms with van der Waals surface area (Å²) in [6.45, 7) is 6.63. The summed E-state index contributed by atoms with van der Waals surface area (Å²) in [5.74, 6) is -1.93. The molecule has 0 amide bonds. The van der Waals surface area contributed by atoms with Crippen LogP contribution in [0.4, 0.5) is 8.78 Å². The lowest BCUT2D eigenvalue weighted by Gasteiger charge is -2.19. The second-order valence-corrected chi connectivity index (χ2v) is 5.64. The van der Waals surface area contributed by atoms with Crippen LogP contribution in [0.15, 0.2) is 16.6 Å². The van der Waals surface area contributed by atoms with Gasteiger partial charge in [-0.3, -0.25) is 0 Å². The van der Waals surface area contributed by atoms with E-state index in [0.29, 0.717) is 17.1 Å². The maximum Gasteiger partial charge on any atom is 0.200 e. The quantitative estimate of drug-likeness (QED) is 0.751. The number of rotatable bonds is 7. The number of ether oxygens (including phenoxy) is 1. The predicted octanol–water partition coefficient (Wildman–Crippen LogP) is 4.27. The molecule has 0 heterocycles. The van der Waals surface area contributed by atoms with E-state index < -0.39 is 11.6 Å². The summed E-state index contributed by atoms with van der Waals surface area (Å²) in [7, 11) is 0. The van der Waals surface area contributed by atoms with E-state index in [4.69, 9.17) is 4.74 Å². The number of benzene rings is 1. The molecule has 1 N–H and O–H groups in total. The summed E-state index contributed by atoms with van der Waals surface area (Å²) in [6, 6.07) is 2.90. The van der Waals surface area contributed by atoms with E-state index in [1.54, 1.807) is 0 Å². The largest absolute Gasteiger partial charge is 0.486 e. The van der Waals surface area contributed by atoms with Gasteiger partial charge in [0.05, 0.1) is 0 Å². The SMILES string of the molecule is CCCC(C)NCC(C)Oc1cc(Br)cc(F)c1F. The molecule has 0 aliphatic heterocycles. The highest BCUT2D eigenvalue weighted by Crippen LogP contribution is 2.26. The van der Waals surface area contributed by atoms with Crippen molar-refractivity contribution in [2.45, 2.75) is 45.8 Å². The number of hydrogen-bond acceptors (Lipinski definition) is 2. The van der Waals surface area contributed by atoms with Crippen molar-refractivity contribution in [1.82, 2.24) is 5.32 Å². The number of nitrogens with one attached hydrogen (secondary N) is 1. The first-order valence-electron chi connectivity index (χ1n) is 6.48. The Morgan fingerprint density at radius 2 is 2.00 bits per heavy atom. The highest BCUT2D eigenvalue weighted by molar-refractivity contribution is 9.10. The molecule has 0 saturated carbocycles. The highest BCUT2D eigenvalue weighted by Gasteiger charge is 2.14. The van der Waals surface area contributed by atoms with Gasteiger partial charge in [0.2, 0.25) is 5.82 Å². The van der Waals surface area contributed by atoms with Crippen LogP contribution in [0.3, 0.4) is 0 Å². The van der Waals surface area contributed by atoms with Crippen LogP contribution in [0.5, 0.6) is 5.75 Å². The summed E-state index contributed by atoms with van der Waals surface area (Å²) >= 11 is 3.12. The van der Waals surface area contributed by atoms with Gasteiger partial charge >= 0.3 is 0 Å². The lowest BCUT2D eigenvalue weighted by molar-refractivity contribution is 0.200. The topological polar surface area (TPSA) is 21.3 Å². The normalized spacial score (nSPS) is 14.2. The Morgan fingerprint density at radius 1 is 1.32 bits per heavy atom. The summed E-state index contributed by atoms with van der Waals surface area (Å²) in [5, 5.41) is 3.30. The van der Waals surface area contributed by atoms with Crippen molar-refractivity contribution in [2.24, 2.45) is 0 Å². The molecule has 0 aliphatic rings. The van der Waals surface area contributed by atoms with Crippen LogP contribution < -0.4 is 10.1 Å². The minimum atomic E-state index is -0.948. The van der Waals surface area contributed by atoms with Gasteiger partial charge in [0.25, 0.3) is 0 Å². The molecule has 0 saturated heterocycles. The van der Waals surface area contributed by atoms with E-state index in [0.717, 1.165) is 18.9 Å². The standard InChI is InChI=1S/C14H20BrF2NO/c1-4-5-9(2)18-8-10(3)19-13-7-11(15)6-12(16)14(13)17/h6-7,9-10,18H,4-5,8H2,1-3H3. The first kappa shape index (κ1) is 16.4. The smallest absolute Gasteiger partial charge is 0.200 e. The monoisotopic (exact) mass is 335 g/mol. The molecule has 0 aliphatic carbocycles. The molecule has 108 valence electrons. The fourth-order valence-corrected chi connectivity index (χ4v) is 2.19. The number of hydrogen-bond donors (Lipinski definition) is 1. The molecule has 2 atom stereocenters. The zero-order chi connectivity index (χ0) is 14.4. The third kappa shape index (κ3) is 5.45. The zero-order valence-corrected chi connectivity index (χ0v) is 13.1.